The van der Waals surface area contributed by atoms with Crippen LogP contribution in [-0.2, 0) is 82.9 Å². The van der Waals surface area contributed by atoms with Crippen molar-refractivity contribution in [1.29, 1.82) is 0 Å². The molecule has 1 aromatic rings. The van der Waals surface area contributed by atoms with Gasteiger partial charge < -0.3 is 65.6 Å². The summed E-state index contributed by atoms with van der Waals surface area (Å²) in [5, 5.41) is 48.6. The maximum absolute atomic E-state index is 13.4. The Bertz CT molecular complexity index is 2370. The molecule has 0 saturated carbocycles. The first-order valence-corrected chi connectivity index (χ1v) is 34.3. The number of aryl methyl sites for hydroxylation is 1. The molecule has 0 aliphatic carbocycles. The van der Waals surface area contributed by atoms with Gasteiger partial charge in [0.15, 0.2) is 5.78 Å². The Morgan fingerprint density at radius 3 is 1.57 bits per heavy atom. The highest BCUT2D eigenvalue weighted by atomic mass is 16.5. The number of amides is 4. The van der Waals surface area contributed by atoms with Crippen LogP contribution in [0.15, 0.2) is 12.5 Å². The molecular weight excluding hydrogens is 1220 g/mol. The van der Waals surface area contributed by atoms with Crippen LogP contribution in [0.25, 0.3) is 0 Å². The third-order valence-electron chi connectivity index (χ3n) is 16.2. The van der Waals surface area contributed by atoms with E-state index in [2.05, 4.69) is 31.2 Å². The Morgan fingerprint density at radius 2 is 1.04 bits per heavy atom. The standard InChI is InChI=1S/C68H114N6O20/c1-50(75)64(51(2)76)74-65(86)52(28-34-59(80)68(3,4)45-57(79)31-30-54-46-69-49-72-54)24-21-22-36-70-61(82)47-94-43-41-92-39-37-71-62(83)48-93-42-40-91-38-23-26-55(77)32-33-58(67(89)90)73-60(81)35-29-53(66(87)88)44-56(78)25-19-17-15-13-11-9-7-5-6-8-10-12-14-16-18-20-27-63(84)85/h46,49-50,52-53,58,64,75H,5-45,47-48H2,1-4H3,(H,69,72)(H,70,82)(H,71,83)(H,73,81)(H,74,86)(H,84,85)(H,87,88)(H,89,90)/t50-,52-,53-,58+,64+/m1/s1. The van der Waals surface area contributed by atoms with Gasteiger partial charge in [0.2, 0.25) is 23.6 Å². The molecule has 1 heterocycles. The Labute approximate surface area is 555 Å². The number of carboxylic acids is 3. The topological polar surface area (TPSA) is 399 Å². The molecule has 0 aromatic carbocycles. The first-order valence-electron chi connectivity index (χ1n) is 34.3. The number of hydrogen-bond donors (Lipinski definition) is 9. The summed E-state index contributed by atoms with van der Waals surface area (Å²) in [4.78, 5) is 155. The van der Waals surface area contributed by atoms with Crippen molar-refractivity contribution in [2.24, 2.45) is 17.3 Å². The number of hydrogen-bond acceptors (Lipinski definition) is 18. The number of nitrogens with one attached hydrogen (secondary N) is 5. The number of carbonyl (C=O) groups excluding carboxylic acids is 9. The first kappa shape index (κ1) is 85.7. The van der Waals surface area contributed by atoms with Gasteiger partial charge in [0, 0.05) is 101 Å². The molecule has 1 aromatic heterocycles. The van der Waals surface area contributed by atoms with Gasteiger partial charge in [-0.05, 0) is 71.6 Å². The number of aliphatic carboxylic acids is 3. The van der Waals surface area contributed by atoms with Gasteiger partial charge in [-0.2, -0.15) is 0 Å². The van der Waals surface area contributed by atoms with E-state index < -0.39 is 70.9 Å². The summed E-state index contributed by atoms with van der Waals surface area (Å²) in [6.45, 7) is 7.04. The molecule has 4 amide bonds. The lowest BCUT2D eigenvalue weighted by molar-refractivity contribution is -0.145. The van der Waals surface area contributed by atoms with Crippen LogP contribution in [0, 0.1) is 17.3 Å². The quantitative estimate of drug-likeness (QED) is 0.0286. The number of Topliss-reactive ketones (excluding diaryl/α,β-unsaturated/α-hetero) is 5. The number of aliphatic hydroxyl groups is 1. The highest BCUT2D eigenvalue weighted by molar-refractivity contribution is 5.92. The number of aliphatic hydroxyl groups excluding tert-OH is 1. The molecule has 9 N–H and O–H groups in total. The monoisotopic (exact) mass is 1330 g/mol. The van der Waals surface area contributed by atoms with Crippen LogP contribution in [-0.4, -0.2) is 185 Å². The normalized spacial score (nSPS) is 13.0. The Morgan fingerprint density at radius 1 is 0.511 bits per heavy atom. The summed E-state index contributed by atoms with van der Waals surface area (Å²) in [7, 11) is 0. The Hall–Kier alpha value is -6.35. The van der Waals surface area contributed by atoms with Crippen molar-refractivity contribution in [2.45, 2.75) is 258 Å². The number of carboxylic acid groups (broad SMARTS) is 3. The van der Waals surface area contributed by atoms with E-state index in [-0.39, 0.29) is 171 Å². The number of H-pyrrole nitrogens is 1. The number of unbranched alkanes of at least 4 members (excludes halogenated alkanes) is 16. The van der Waals surface area contributed by atoms with Gasteiger partial charge in [-0.3, -0.25) is 52.7 Å². The molecule has 0 spiro atoms. The van der Waals surface area contributed by atoms with E-state index in [0.717, 1.165) is 50.6 Å². The predicted molar refractivity (Wildman–Crippen MR) is 349 cm³/mol. The predicted octanol–water partition coefficient (Wildman–Crippen LogP) is 7.46. The average Bonchev–Trinajstić information content (AvgIpc) is 0.988. The maximum atomic E-state index is 13.4. The van der Waals surface area contributed by atoms with Gasteiger partial charge in [0.25, 0.3) is 0 Å². The molecule has 1 rings (SSSR count). The number of rotatable bonds is 65. The minimum Gasteiger partial charge on any atom is -0.481 e. The van der Waals surface area contributed by atoms with Gasteiger partial charge in [0.1, 0.15) is 48.4 Å². The lowest BCUT2D eigenvalue weighted by atomic mass is 9.79. The van der Waals surface area contributed by atoms with Crippen molar-refractivity contribution in [3.8, 4) is 0 Å². The highest BCUT2D eigenvalue weighted by Crippen LogP contribution is 2.28. The zero-order valence-electron chi connectivity index (χ0n) is 56.7. The summed E-state index contributed by atoms with van der Waals surface area (Å²) in [5.74, 6) is -7.96. The van der Waals surface area contributed by atoms with E-state index in [4.69, 9.17) is 24.1 Å². The molecule has 26 heteroatoms. The number of carbonyl (C=O) groups is 12. The van der Waals surface area contributed by atoms with Crippen LogP contribution in [0.2, 0.25) is 0 Å². The molecule has 94 heavy (non-hydrogen) atoms. The fourth-order valence-corrected chi connectivity index (χ4v) is 10.5. The van der Waals surface area contributed by atoms with Crippen LogP contribution in [0.4, 0.5) is 0 Å². The largest absolute Gasteiger partial charge is 0.481 e. The second kappa shape index (κ2) is 53.8. The number of ether oxygens (including phenoxy) is 4. The van der Waals surface area contributed by atoms with Crippen molar-refractivity contribution in [3.63, 3.8) is 0 Å². The molecule has 0 aliphatic heterocycles. The third-order valence-corrected chi connectivity index (χ3v) is 16.2. The second-order valence-electron chi connectivity index (χ2n) is 25.2. The summed E-state index contributed by atoms with van der Waals surface area (Å²) in [6, 6.07) is -2.46. The first-order chi connectivity index (χ1) is 44.9. The van der Waals surface area contributed by atoms with Crippen molar-refractivity contribution < 1.29 is 96.9 Å². The zero-order chi connectivity index (χ0) is 69.8. The van der Waals surface area contributed by atoms with E-state index in [1.807, 2.05) is 0 Å². The Kier molecular flexibility index (Phi) is 49.1. The highest BCUT2D eigenvalue weighted by Gasteiger charge is 2.33. The number of aromatic amines is 1. The van der Waals surface area contributed by atoms with Gasteiger partial charge in [-0.25, -0.2) is 9.78 Å². The van der Waals surface area contributed by atoms with Gasteiger partial charge in [-0.1, -0.05) is 110 Å². The SMILES string of the molecule is CC(=O)[C@@H](NC(=O)[C@H](CCCCNC(=O)COCCOCCNC(=O)COCCOCCCC(=O)CC[C@H](NC(=O)CC[C@H](CC(=O)CCCCCCCCCCCCCCCCCCC(=O)O)C(=O)O)C(=O)O)CCC(=O)C(C)(C)CC(=O)CCc1cnc[nH]1)[C@@H](C)O. The fourth-order valence-electron chi connectivity index (χ4n) is 10.5. The van der Waals surface area contributed by atoms with E-state index >= 15 is 0 Å². The average molecular weight is 1340 g/mol. The van der Waals surface area contributed by atoms with Gasteiger partial charge >= 0.3 is 17.9 Å². The molecule has 0 fully saturated rings. The maximum Gasteiger partial charge on any atom is 0.326 e. The third kappa shape index (κ3) is 46.7. The van der Waals surface area contributed by atoms with Crippen LogP contribution in [0.5, 0.6) is 0 Å². The molecular formula is C68H114N6O20. The van der Waals surface area contributed by atoms with Crippen molar-refractivity contribution in [2.75, 3.05) is 65.9 Å². The van der Waals surface area contributed by atoms with E-state index in [9.17, 15) is 72.9 Å². The van der Waals surface area contributed by atoms with E-state index in [0.29, 0.717) is 45.1 Å². The number of nitrogens with zero attached hydrogens (tertiary/aromatic N) is 1. The summed E-state index contributed by atoms with van der Waals surface area (Å²) >= 11 is 0. The minimum atomic E-state index is -1.35. The van der Waals surface area contributed by atoms with Crippen LogP contribution >= 0.6 is 0 Å². The lowest BCUT2D eigenvalue weighted by Gasteiger charge is -2.25. The molecule has 536 valence electrons. The number of imidazole rings is 1. The van der Waals surface area contributed by atoms with Crippen molar-refractivity contribution in [3.05, 3.63) is 18.2 Å². The van der Waals surface area contributed by atoms with Crippen LogP contribution in [0.1, 0.15) is 239 Å². The minimum absolute atomic E-state index is 0.0278. The van der Waals surface area contributed by atoms with Crippen LogP contribution < -0.4 is 21.3 Å². The summed E-state index contributed by atoms with van der Waals surface area (Å²) in [5.41, 5.74) is -0.133. The van der Waals surface area contributed by atoms with Gasteiger partial charge in [0.05, 0.1) is 51.4 Å². The van der Waals surface area contributed by atoms with Crippen molar-refractivity contribution >= 4 is 70.5 Å². The molecule has 0 radical (unpaired) electrons. The molecule has 0 saturated heterocycles. The smallest absolute Gasteiger partial charge is 0.326 e. The molecule has 0 aliphatic rings. The Balaban J connectivity index is 2.15. The molecule has 5 atom stereocenters. The van der Waals surface area contributed by atoms with E-state index in [1.54, 1.807) is 20.0 Å². The molecule has 0 bridgehead atoms. The summed E-state index contributed by atoms with van der Waals surface area (Å²) < 4.78 is 21.6. The van der Waals surface area contributed by atoms with Crippen molar-refractivity contribution in [1.82, 2.24) is 31.2 Å². The lowest BCUT2D eigenvalue weighted by Crippen LogP contribution is -2.48. The van der Waals surface area contributed by atoms with Crippen LogP contribution in [0.3, 0.4) is 0 Å². The van der Waals surface area contributed by atoms with Gasteiger partial charge in [-0.15, -0.1) is 0 Å². The fraction of sp³-hybridized carbons (Fsp3) is 0.779. The van der Waals surface area contributed by atoms with E-state index in [1.165, 1.54) is 71.5 Å². The zero-order valence-corrected chi connectivity index (χ0v) is 56.7. The molecule has 0 unspecified atom stereocenters. The molecule has 26 nitrogen and oxygen atoms in total. The second-order valence-corrected chi connectivity index (χ2v) is 25.2. The number of aromatic nitrogens is 2. The number of ketones is 5. The summed E-state index contributed by atoms with van der Waals surface area (Å²) in [6.07, 6.45) is 21.8.